The lowest BCUT2D eigenvalue weighted by atomic mass is 10.1. The summed E-state index contributed by atoms with van der Waals surface area (Å²) in [5.74, 6) is 0.672. The highest BCUT2D eigenvalue weighted by molar-refractivity contribution is 5.81. The van der Waals surface area contributed by atoms with E-state index in [1.54, 1.807) is 19.2 Å². The first-order valence-electron chi connectivity index (χ1n) is 8.39. The van der Waals surface area contributed by atoms with Crippen LogP contribution in [0.2, 0.25) is 0 Å². The van der Waals surface area contributed by atoms with E-state index in [4.69, 9.17) is 9.15 Å². The summed E-state index contributed by atoms with van der Waals surface area (Å²) < 4.78 is 12.5. The number of nitrogens with one attached hydrogen (secondary N) is 1. The van der Waals surface area contributed by atoms with Crippen molar-refractivity contribution in [2.45, 2.75) is 33.4 Å². The Balaban J connectivity index is 1.61. The van der Waals surface area contributed by atoms with Crippen molar-refractivity contribution < 1.29 is 9.15 Å². The Labute approximate surface area is 146 Å². The van der Waals surface area contributed by atoms with Crippen molar-refractivity contribution in [1.82, 2.24) is 15.1 Å². The van der Waals surface area contributed by atoms with Crippen LogP contribution in [-0.2, 0) is 13.1 Å². The number of hydrogen-bond donors (Lipinski definition) is 1. The van der Waals surface area contributed by atoms with Crippen LogP contribution in [0, 0.1) is 13.8 Å². The van der Waals surface area contributed by atoms with Crippen LogP contribution >= 0.6 is 0 Å². The van der Waals surface area contributed by atoms with Gasteiger partial charge in [0.15, 0.2) is 0 Å². The van der Waals surface area contributed by atoms with Crippen molar-refractivity contribution in [1.29, 1.82) is 0 Å². The summed E-state index contributed by atoms with van der Waals surface area (Å²) in [5.41, 5.74) is 3.35. The molecular weight excluding hydrogens is 318 g/mol. The minimum atomic E-state index is -0.347. The number of nitrogens with zero attached hydrogens (tertiary/aromatic N) is 2. The largest absolute Gasteiger partial charge is 0.497 e. The van der Waals surface area contributed by atoms with E-state index in [9.17, 15) is 4.79 Å². The molecular formula is C19H23N3O3. The van der Waals surface area contributed by atoms with Crippen molar-refractivity contribution >= 4 is 11.0 Å². The third kappa shape index (κ3) is 4.09. The fourth-order valence-electron chi connectivity index (χ4n) is 2.96. The predicted octanol–water partition coefficient (Wildman–Crippen LogP) is 2.79. The third-order valence-electron chi connectivity index (χ3n) is 4.18. The molecule has 0 fully saturated rings. The molecule has 0 saturated carbocycles. The van der Waals surface area contributed by atoms with Gasteiger partial charge in [0, 0.05) is 36.3 Å². The van der Waals surface area contributed by atoms with Gasteiger partial charge in [0.2, 0.25) is 0 Å². The molecule has 0 amide bonds. The molecule has 1 N–H and O–H groups in total. The molecule has 0 spiro atoms. The highest BCUT2D eigenvalue weighted by atomic mass is 16.5. The maximum atomic E-state index is 11.8. The number of fused-ring (bicyclic) bond motifs is 1. The summed E-state index contributed by atoms with van der Waals surface area (Å²) in [6.07, 6.45) is 0.967. The molecule has 0 radical (unpaired) electrons. The zero-order valence-electron chi connectivity index (χ0n) is 14.8. The number of aromatic nitrogens is 2. The van der Waals surface area contributed by atoms with Crippen molar-refractivity contribution in [2.24, 2.45) is 0 Å². The molecule has 0 bridgehead atoms. The molecule has 6 nitrogen and oxygen atoms in total. The average Bonchev–Trinajstić information content (AvgIpc) is 2.91. The van der Waals surface area contributed by atoms with Crippen LogP contribution in [0.25, 0.3) is 11.0 Å². The number of hydrogen-bond acceptors (Lipinski definition) is 5. The average molecular weight is 341 g/mol. The highest BCUT2D eigenvalue weighted by Gasteiger charge is 2.07. The van der Waals surface area contributed by atoms with Crippen LogP contribution in [0.15, 0.2) is 39.5 Å². The van der Waals surface area contributed by atoms with Crippen LogP contribution in [-0.4, -0.2) is 23.4 Å². The Morgan fingerprint density at radius 3 is 2.80 bits per heavy atom. The number of methoxy groups -OCH3 is 1. The van der Waals surface area contributed by atoms with Gasteiger partial charge in [-0.05, 0) is 50.6 Å². The first-order valence-corrected chi connectivity index (χ1v) is 8.39. The van der Waals surface area contributed by atoms with Crippen molar-refractivity contribution in [3.8, 4) is 5.75 Å². The SMILES string of the molecule is COc1ccc2c(CNCCCn3nc(C)cc3C)cc(=O)oc2c1. The minimum Gasteiger partial charge on any atom is -0.497 e. The van der Waals surface area contributed by atoms with E-state index < -0.39 is 0 Å². The van der Waals surface area contributed by atoms with E-state index in [1.807, 2.05) is 23.7 Å². The monoisotopic (exact) mass is 341 g/mol. The van der Waals surface area contributed by atoms with Gasteiger partial charge in [-0.25, -0.2) is 4.79 Å². The summed E-state index contributed by atoms with van der Waals surface area (Å²) in [7, 11) is 1.59. The molecule has 2 aromatic heterocycles. The molecule has 132 valence electrons. The van der Waals surface area contributed by atoms with Gasteiger partial charge in [-0.2, -0.15) is 5.10 Å². The molecule has 0 aliphatic heterocycles. The maximum Gasteiger partial charge on any atom is 0.336 e. The van der Waals surface area contributed by atoms with Crippen LogP contribution in [0.5, 0.6) is 5.75 Å². The van der Waals surface area contributed by atoms with Crippen molar-refractivity contribution in [3.05, 3.63) is 57.7 Å². The van der Waals surface area contributed by atoms with Crippen LogP contribution in [0.1, 0.15) is 23.4 Å². The first kappa shape index (κ1) is 17.2. The van der Waals surface area contributed by atoms with Gasteiger partial charge in [0.1, 0.15) is 11.3 Å². The Morgan fingerprint density at radius 1 is 1.24 bits per heavy atom. The highest BCUT2D eigenvalue weighted by Crippen LogP contribution is 2.22. The molecule has 0 aliphatic carbocycles. The molecule has 25 heavy (non-hydrogen) atoms. The summed E-state index contributed by atoms with van der Waals surface area (Å²) in [5, 5.41) is 8.77. The third-order valence-corrected chi connectivity index (χ3v) is 4.18. The van der Waals surface area contributed by atoms with E-state index in [1.165, 1.54) is 5.69 Å². The molecule has 3 aromatic rings. The molecule has 3 rings (SSSR count). The van der Waals surface area contributed by atoms with Crippen LogP contribution in [0.3, 0.4) is 0 Å². The zero-order chi connectivity index (χ0) is 17.8. The summed E-state index contributed by atoms with van der Waals surface area (Å²) in [4.78, 5) is 11.8. The quantitative estimate of drug-likeness (QED) is 0.529. The second-order valence-corrected chi connectivity index (χ2v) is 6.13. The number of aryl methyl sites for hydroxylation is 3. The van der Waals surface area contributed by atoms with E-state index >= 15 is 0 Å². The molecule has 0 atom stereocenters. The lowest BCUT2D eigenvalue weighted by molar-refractivity contribution is 0.414. The normalized spacial score (nSPS) is 11.2. The topological polar surface area (TPSA) is 69.3 Å². The Hall–Kier alpha value is -2.60. The van der Waals surface area contributed by atoms with E-state index in [-0.39, 0.29) is 5.63 Å². The second kappa shape index (κ2) is 7.53. The minimum absolute atomic E-state index is 0.347. The second-order valence-electron chi connectivity index (χ2n) is 6.13. The van der Waals surface area contributed by atoms with E-state index in [2.05, 4.69) is 23.4 Å². The van der Waals surface area contributed by atoms with Gasteiger partial charge in [-0.15, -0.1) is 0 Å². The molecule has 6 heteroatoms. The summed E-state index contributed by atoms with van der Waals surface area (Å²) in [6, 6.07) is 9.15. The Bertz CT molecular complexity index is 927. The number of rotatable bonds is 7. The van der Waals surface area contributed by atoms with Gasteiger partial charge in [-0.1, -0.05) is 0 Å². The fraction of sp³-hybridized carbons (Fsp3) is 0.368. The Kier molecular flexibility index (Phi) is 5.19. The van der Waals surface area contributed by atoms with Crippen molar-refractivity contribution in [3.63, 3.8) is 0 Å². The van der Waals surface area contributed by atoms with Gasteiger partial charge in [0.25, 0.3) is 0 Å². The predicted molar refractivity (Wildman–Crippen MR) is 97.1 cm³/mol. The van der Waals surface area contributed by atoms with Crippen LogP contribution < -0.4 is 15.7 Å². The standard InChI is InChI=1S/C19H23N3O3/c1-13-9-14(2)22(21-13)8-4-7-20-12-15-10-19(23)25-18-11-16(24-3)5-6-17(15)18/h5-6,9-11,20H,4,7-8,12H2,1-3H3. The molecule has 1 aromatic carbocycles. The summed E-state index contributed by atoms with van der Waals surface area (Å²) in [6.45, 7) is 6.41. The fourth-order valence-corrected chi connectivity index (χ4v) is 2.96. The van der Waals surface area contributed by atoms with Crippen molar-refractivity contribution in [2.75, 3.05) is 13.7 Å². The van der Waals surface area contributed by atoms with Gasteiger partial charge in [-0.3, -0.25) is 4.68 Å². The number of ether oxygens (including phenoxy) is 1. The smallest absolute Gasteiger partial charge is 0.336 e. The molecule has 0 unspecified atom stereocenters. The molecule has 2 heterocycles. The lowest BCUT2D eigenvalue weighted by Crippen LogP contribution is -2.18. The van der Waals surface area contributed by atoms with Gasteiger partial charge >= 0.3 is 5.63 Å². The van der Waals surface area contributed by atoms with Gasteiger partial charge in [0.05, 0.1) is 12.8 Å². The maximum absolute atomic E-state index is 11.8. The van der Waals surface area contributed by atoms with E-state index in [0.29, 0.717) is 17.9 Å². The van der Waals surface area contributed by atoms with E-state index in [0.717, 1.165) is 36.2 Å². The van der Waals surface area contributed by atoms with Gasteiger partial charge < -0.3 is 14.5 Å². The summed E-state index contributed by atoms with van der Waals surface area (Å²) >= 11 is 0. The first-order chi connectivity index (χ1) is 12.1. The molecule has 0 saturated heterocycles. The lowest BCUT2D eigenvalue weighted by Gasteiger charge is -2.09. The van der Waals surface area contributed by atoms with Crippen LogP contribution in [0.4, 0.5) is 0 Å². The molecule has 0 aliphatic rings. The zero-order valence-corrected chi connectivity index (χ0v) is 14.8. The number of benzene rings is 1. The Morgan fingerprint density at radius 2 is 2.08 bits per heavy atom.